The fraction of sp³-hybridized carbons (Fsp3) is 0.579. The van der Waals surface area contributed by atoms with E-state index < -0.39 is 16.8 Å². The molecule has 0 saturated carbocycles. The van der Waals surface area contributed by atoms with Crippen LogP contribution in [-0.4, -0.2) is 39.9 Å². The molecule has 1 aromatic rings. The molecule has 1 aromatic carbocycles. The third-order valence-corrected chi connectivity index (χ3v) is 5.97. The standard InChI is InChI=1S/C19H26N2O5/c1-12-11-15(21(25)26)5-6-16(12)17(22)20-9-7-14(8-10-20)19(3,4)13(2)18(23)24/h5-6,11,13-14H,7-10H2,1-4H3,(H,23,24). The van der Waals surface area contributed by atoms with Crippen molar-refractivity contribution in [2.75, 3.05) is 13.1 Å². The van der Waals surface area contributed by atoms with E-state index >= 15 is 0 Å². The number of piperidine rings is 1. The Balaban J connectivity index is 2.07. The second-order valence-corrected chi connectivity index (χ2v) is 7.70. The van der Waals surface area contributed by atoms with E-state index in [1.54, 1.807) is 18.7 Å². The van der Waals surface area contributed by atoms with Crippen LogP contribution in [0.3, 0.4) is 0 Å². The van der Waals surface area contributed by atoms with Gasteiger partial charge in [0.2, 0.25) is 0 Å². The van der Waals surface area contributed by atoms with Gasteiger partial charge in [0, 0.05) is 30.8 Å². The number of aryl methyl sites for hydroxylation is 1. The number of nitro groups is 1. The zero-order chi connectivity index (χ0) is 19.6. The number of amides is 1. The molecular weight excluding hydrogens is 336 g/mol. The summed E-state index contributed by atoms with van der Waals surface area (Å²) >= 11 is 0. The highest BCUT2D eigenvalue weighted by Crippen LogP contribution is 2.41. The quantitative estimate of drug-likeness (QED) is 0.638. The van der Waals surface area contributed by atoms with Gasteiger partial charge in [-0.2, -0.15) is 0 Å². The molecule has 0 aliphatic carbocycles. The molecule has 1 aliphatic rings. The molecule has 0 spiro atoms. The molecule has 0 aromatic heterocycles. The lowest BCUT2D eigenvalue weighted by atomic mass is 9.66. The smallest absolute Gasteiger partial charge is 0.306 e. The number of aliphatic carboxylic acids is 1. The van der Waals surface area contributed by atoms with Crippen LogP contribution < -0.4 is 0 Å². The van der Waals surface area contributed by atoms with Crippen molar-refractivity contribution in [3.8, 4) is 0 Å². The first-order valence-electron chi connectivity index (χ1n) is 8.82. The monoisotopic (exact) mass is 362 g/mol. The molecule has 1 aliphatic heterocycles. The summed E-state index contributed by atoms with van der Waals surface area (Å²) in [5.74, 6) is -1.14. The molecule has 1 saturated heterocycles. The molecule has 0 radical (unpaired) electrons. The Morgan fingerprint density at radius 1 is 1.31 bits per heavy atom. The van der Waals surface area contributed by atoms with Crippen molar-refractivity contribution < 1.29 is 19.6 Å². The highest BCUT2D eigenvalue weighted by molar-refractivity contribution is 5.96. The minimum absolute atomic E-state index is 0.0258. The lowest BCUT2D eigenvalue weighted by Crippen LogP contribution is -2.45. The molecule has 1 heterocycles. The average Bonchev–Trinajstić information content (AvgIpc) is 2.60. The molecule has 7 nitrogen and oxygen atoms in total. The summed E-state index contributed by atoms with van der Waals surface area (Å²) in [5, 5.41) is 20.2. The zero-order valence-corrected chi connectivity index (χ0v) is 15.7. The minimum Gasteiger partial charge on any atom is -0.481 e. The first-order valence-corrected chi connectivity index (χ1v) is 8.82. The first kappa shape index (κ1) is 19.9. The molecule has 1 fully saturated rings. The molecule has 7 heteroatoms. The Labute approximate surface area is 153 Å². The van der Waals surface area contributed by atoms with E-state index in [2.05, 4.69) is 0 Å². The van der Waals surface area contributed by atoms with E-state index in [4.69, 9.17) is 0 Å². The summed E-state index contributed by atoms with van der Waals surface area (Å²) in [6.07, 6.45) is 1.50. The molecule has 1 N–H and O–H groups in total. The van der Waals surface area contributed by atoms with E-state index in [9.17, 15) is 24.8 Å². The third kappa shape index (κ3) is 3.86. The summed E-state index contributed by atoms with van der Waals surface area (Å²) in [5.41, 5.74) is 0.699. The molecule has 1 atom stereocenters. The zero-order valence-electron chi connectivity index (χ0n) is 15.7. The van der Waals surface area contributed by atoms with Crippen LogP contribution in [0.1, 0.15) is 49.5 Å². The van der Waals surface area contributed by atoms with Gasteiger partial charge in [0.25, 0.3) is 11.6 Å². The van der Waals surface area contributed by atoms with Crippen LogP contribution in [-0.2, 0) is 4.79 Å². The summed E-state index contributed by atoms with van der Waals surface area (Å²) in [6.45, 7) is 8.53. The number of nitro benzene ring substituents is 1. The number of hydrogen-bond donors (Lipinski definition) is 1. The van der Waals surface area contributed by atoms with Gasteiger partial charge in [0.15, 0.2) is 0 Å². The molecule has 142 valence electrons. The maximum absolute atomic E-state index is 12.8. The second-order valence-electron chi connectivity index (χ2n) is 7.70. The number of nitrogens with zero attached hydrogens (tertiary/aromatic N) is 2. The summed E-state index contributed by atoms with van der Waals surface area (Å²) in [6, 6.07) is 4.28. The Bertz CT molecular complexity index is 721. The second kappa shape index (κ2) is 7.43. The van der Waals surface area contributed by atoms with Crippen molar-refractivity contribution >= 4 is 17.6 Å². The fourth-order valence-corrected chi connectivity index (χ4v) is 3.67. The number of likely N-dealkylation sites (tertiary alicyclic amines) is 1. The van der Waals surface area contributed by atoms with E-state index in [-0.39, 0.29) is 22.9 Å². The van der Waals surface area contributed by atoms with Gasteiger partial charge < -0.3 is 10.0 Å². The van der Waals surface area contributed by atoms with Gasteiger partial charge in [-0.15, -0.1) is 0 Å². The average molecular weight is 362 g/mol. The number of benzene rings is 1. The van der Waals surface area contributed by atoms with Crippen molar-refractivity contribution in [2.45, 2.75) is 40.5 Å². The van der Waals surface area contributed by atoms with Gasteiger partial charge in [0.1, 0.15) is 0 Å². The Kier molecular flexibility index (Phi) is 5.68. The van der Waals surface area contributed by atoms with Crippen LogP contribution in [0.5, 0.6) is 0 Å². The molecular formula is C19H26N2O5. The highest BCUT2D eigenvalue weighted by Gasteiger charge is 2.40. The van der Waals surface area contributed by atoms with Gasteiger partial charge in [-0.1, -0.05) is 20.8 Å². The van der Waals surface area contributed by atoms with Crippen molar-refractivity contribution in [3.63, 3.8) is 0 Å². The molecule has 2 rings (SSSR count). The number of carbonyl (C=O) groups excluding carboxylic acids is 1. The molecule has 1 amide bonds. The summed E-state index contributed by atoms with van der Waals surface area (Å²) < 4.78 is 0. The summed E-state index contributed by atoms with van der Waals surface area (Å²) in [4.78, 5) is 36.2. The number of rotatable bonds is 5. The van der Waals surface area contributed by atoms with Gasteiger partial charge in [-0.3, -0.25) is 19.7 Å². The van der Waals surface area contributed by atoms with Crippen molar-refractivity contribution in [1.29, 1.82) is 0 Å². The van der Waals surface area contributed by atoms with E-state index in [1.807, 2.05) is 13.8 Å². The fourth-order valence-electron chi connectivity index (χ4n) is 3.67. The predicted octanol–water partition coefficient (Wildman–Crippen LogP) is 3.50. The van der Waals surface area contributed by atoms with Crippen LogP contribution in [0.25, 0.3) is 0 Å². The van der Waals surface area contributed by atoms with Crippen molar-refractivity contribution in [2.24, 2.45) is 17.3 Å². The SMILES string of the molecule is Cc1cc([N+](=O)[O-])ccc1C(=O)N1CCC(C(C)(C)C(C)C(=O)O)CC1. The normalized spacial score (nSPS) is 17.0. The highest BCUT2D eigenvalue weighted by atomic mass is 16.6. The van der Waals surface area contributed by atoms with E-state index in [0.717, 1.165) is 12.8 Å². The van der Waals surface area contributed by atoms with Crippen LogP contribution in [0, 0.1) is 34.3 Å². The van der Waals surface area contributed by atoms with Crippen LogP contribution in [0.15, 0.2) is 18.2 Å². The van der Waals surface area contributed by atoms with Gasteiger partial charge in [0.05, 0.1) is 10.8 Å². The molecule has 0 bridgehead atoms. The first-order chi connectivity index (χ1) is 12.1. The van der Waals surface area contributed by atoms with Crippen molar-refractivity contribution in [1.82, 2.24) is 4.90 Å². The molecule has 1 unspecified atom stereocenters. The Morgan fingerprint density at radius 2 is 1.88 bits per heavy atom. The third-order valence-electron chi connectivity index (χ3n) is 5.97. The van der Waals surface area contributed by atoms with E-state index in [1.165, 1.54) is 18.2 Å². The maximum Gasteiger partial charge on any atom is 0.306 e. The van der Waals surface area contributed by atoms with Crippen LogP contribution >= 0.6 is 0 Å². The Morgan fingerprint density at radius 3 is 2.35 bits per heavy atom. The van der Waals surface area contributed by atoms with Crippen molar-refractivity contribution in [3.05, 3.63) is 39.4 Å². The maximum atomic E-state index is 12.8. The van der Waals surface area contributed by atoms with Crippen LogP contribution in [0.4, 0.5) is 5.69 Å². The van der Waals surface area contributed by atoms with Gasteiger partial charge in [-0.05, 0) is 42.7 Å². The number of hydrogen-bond acceptors (Lipinski definition) is 4. The van der Waals surface area contributed by atoms with E-state index in [0.29, 0.717) is 24.2 Å². The number of carbonyl (C=O) groups is 2. The largest absolute Gasteiger partial charge is 0.481 e. The Hall–Kier alpha value is -2.44. The van der Waals surface area contributed by atoms with Gasteiger partial charge in [-0.25, -0.2) is 0 Å². The number of non-ortho nitro benzene ring substituents is 1. The summed E-state index contributed by atoms with van der Waals surface area (Å²) in [7, 11) is 0. The lowest BCUT2D eigenvalue weighted by molar-refractivity contribution is -0.384. The topological polar surface area (TPSA) is 101 Å². The predicted molar refractivity (Wildman–Crippen MR) is 97.0 cm³/mol. The lowest BCUT2D eigenvalue weighted by Gasteiger charge is -2.42. The minimum atomic E-state index is -0.796. The number of carboxylic acid groups (broad SMARTS) is 1. The number of carboxylic acids is 1. The molecule has 26 heavy (non-hydrogen) atoms. The van der Waals surface area contributed by atoms with Gasteiger partial charge >= 0.3 is 5.97 Å². The van der Waals surface area contributed by atoms with Crippen LogP contribution in [0.2, 0.25) is 0 Å².